The van der Waals surface area contributed by atoms with Crippen LogP contribution in [0.15, 0.2) is 24.3 Å². The Morgan fingerprint density at radius 2 is 1.90 bits per heavy atom. The number of rotatable bonds is 3. The lowest BCUT2D eigenvalue weighted by Crippen LogP contribution is -2.43. The molecule has 1 saturated heterocycles. The average Bonchev–Trinajstić information content (AvgIpc) is 2.48. The molecule has 2 heterocycles. The van der Waals surface area contributed by atoms with Crippen molar-refractivity contribution >= 4 is 5.69 Å². The number of anilines is 1. The smallest absolute Gasteiger partial charge is 0.0921 e. The van der Waals surface area contributed by atoms with Gasteiger partial charge >= 0.3 is 0 Å². The van der Waals surface area contributed by atoms with Crippen LogP contribution in [0.1, 0.15) is 25.8 Å². The zero-order valence-corrected chi connectivity index (χ0v) is 12.6. The number of hydrogen-bond donors (Lipinski definition) is 0. The van der Waals surface area contributed by atoms with Crippen LogP contribution in [0.5, 0.6) is 0 Å². The van der Waals surface area contributed by atoms with Gasteiger partial charge in [-0.1, -0.05) is 32.0 Å². The van der Waals surface area contributed by atoms with Gasteiger partial charge in [-0.2, -0.15) is 0 Å². The predicted octanol–water partition coefficient (Wildman–Crippen LogP) is 2.55. The molecular weight excluding hydrogens is 248 g/mol. The Morgan fingerprint density at radius 3 is 2.70 bits per heavy atom. The van der Waals surface area contributed by atoms with Gasteiger partial charge in [-0.15, -0.1) is 0 Å². The van der Waals surface area contributed by atoms with Crippen molar-refractivity contribution in [3.63, 3.8) is 0 Å². The van der Waals surface area contributed by atoms with Crippen molar-refractivity contribution in [1.82, 2.24) is 4.90 Å². The Kier molecular flexibility index (Phi) is 3.99. The highest BCUT2D eigenvalue weighted by molar-refractivity contribution is 5.60. The van der Waals surface area contributed by atoms with Crippen molar-refractivity contribution in [3.05, 3.63) is 36.4 Å². The summed E-state index contributed by atoms with van der Waals surface area (Å²) in [5.74, 6) is 0. The molecule has 2 aliphatic rings. The van der Waals surface area contributed by atoms with E-state index in [1.54, 1.807) is 0 Å². The maximum absolute atomic E-state index is 5.40. The largest absolute Gasteiger partial charge is 0.379 e. The van der Waals surface area contributed by atoms with Crippen LogP contribution in [0.4, 0.5) is 5.69 Å². The molecule has 0 bridgehead atoms. The Balaban J connectivity index is 1.68. The summed E-state index contributed by atoms with van der Waals surface area (Å²) in [5, 5.41) is 0. The molecule has 1 fully saturated rings. The van der Waals surface area contributed by atoms with E-state index in [0.29, 0.717) is 0 Å². The van der Waals surface area contributed by atoms with Gasteiger partial charge in [-0.25, -0.2) is 0 Å². The molecule has 1 aromatic rings. The van der Waals surface area contributed by atoms with Crippen molar-refractivity contribution < 1.29 is 4.74 Å². The highest BCUT2D eigenvalue weighted by atomic mass is 16.5. The number of ether oxygens (including phenoxy) is 1. The molecule has 2 radical (unpaired) electrons. The van der Waals surface area contributed by atoms with E-state index in [1.807, 2.05) is 0 Å². The van der Waals surface area contributed by atoms with Crippen LogP contribution in [-0.2, 0) is 10.2 Å². The summed E-state index contributed by atoms with van der Waals surface area (Å²) in [6.45, 7) is 14.2. The summed E-state index contributed by atoms with van der Waals surface area (Å²) in [6.07, 6.45) is 0.993. The summed E-state index contributed by atoms with van der Waals surface area (Å²) >= 11 is 0. The van der Waals surface area contributed by atoms with E-state index in [1.165, 1.54) is 11.3 Å². The van der Waals surface area contributed by atoms with Crippen LogP contribution in [0.2, 0.25) is 0 Å². The zero-order valence-electron chi connectivity index (χ0n) is 12.6. The van der Waals surface area contributed by atoms with Crippen LogP contribution in [0, 0.1) is 6.54 Å². The third-order valence-electron chi connectivity index (χ3n) is 4.38. The van der Waals surface area contributed by atoms with Crippen molar-refractivity contribution in [2.45, 2.75) is 25.7 Å². The highest BCUT2D eigenvalue weighted by Crippen LogP contribution is 2.40. The van der Waals surface area contributed by atoms with Gasteiger partial charge in [0.1, 0.15) is 0 Å². The Bertz CT molecular complexity index is 452. The van der Waals surface area contributed by atoms with Gasteiger partial charge in [-0.05, 0) is 23.5 Å². The van der Waals surface area contributed by atoms with Crippen LogP contribution >= 0.6 is 0 Å². The molecule has 0 aliphatic carbocycles. The first kappa shape index (κ1) is 13.9. The van der Waals surface area contributed by atoms with Crippen molar-refractivity contribution in [2.75, 3.05) is 44.3 Å². The number of fused-ring (bicyclic) bond motifs is 1. The number of morpholine rings is 1. The van der Waals surface area contributed by atoms with Crippen molar-refractivity contribution in [2.24, 2.45) is 0 Å². The van der Waals surface area contributed by atoms with Crippen molar-refractivity contribution in [1.29, 1.82) is 0 Å². The van der Waals surface area contributed by atoms with E-state index in [0.717, 1.165) is 45.8 Å². The zero-order chi connectivity index (χ0) is 14.0. The number of benzene rings is 1. The molecule has 3 rings (SSSR count). The monoisotopic (exact) mass is 272 g/mol. The lowest BCUT2D eigenvalue weighted by atomic mass is 9.78. The van der Waals surface area contributed by atoms with Gasteiger partial charge in [0.2, 0.25) is 0 Å². The second kappa shape index (κ2) is 5.74. The lowest BCUT2D eigenvalue weighted by Gasteiger charge is -2.40. The predicted molar refractivity (Wildman–Crippen MR) is 81.9 cm³/mol. The quantitative estimate of drug-likeness (QED) is 0.841. The maximum Gasteiger partial charge on any atom is 0.0921 e. The summed E-state index contributed by atoms with van der Waals surface area (Å²) in [7, 11) is 0. The molecule has 0 aromatic heterocycles. The molecule has 108 valence electrons. The molecule has 3 nitrogen and oxygen atoms in total. The van der Waals surface area contributed by atoms with Crippen LogP contribution < -0.4 is 4.90 Å². The second-order valence-electron chi connectivity index (χ2n) is 6.34. The van der Waals surface area contributed by atoms with Crippen molar-refractivity contribution in [3.8, 4) is 0 Å². The first-order valence-corrected chi connectivity index (χ1v) is 7.57. The normalized spacial score (nSPS) is 22.6. The van der Waals surface area contributed by atoms with E-state index in [2.05, 4.69) is 54.5 Å². The molecule has 0 spiro atoms. The lowest BCUT2D eigenvalue weighted by molar-refractivity contribution is 0.0392. The van der Waals surface area contributed by atoms with Gasteiger partial charge in [0, 0.05) is 31.9 Å². The molecule has 0 amide bonds. The van der Waals surface area contributed by atoms with Gasteiger partial charge in [-0.3, -0.25) is 4.90 Å². The van der Waals surface area contributed by atoms with Crippen LogP contribution in [0.25, 0.3) is 0 Å². The van der Waals surface area contributed by atoms with E-state index < -0.39 is 0 Å². The first-order valence-electron chi connectivity index (χ1n) is 7.57. The summed E-state index contributed by atoms with van der Waals surface area (Å²) in [6, 6.07) is 8.76. The van der Waals surface area contributed by atoms with Gasteiger partial charge in [0.15, 0.2) is 0 Å². The minimum absolute atomic E-state index is 0.200. The van der Waals surface area contributed by atoms with E-state index >= 15 is 0 Å². The average molecular weight is 272 g/mol. The Labute approximate surface area is 122 Å². The Hall–Kier alpha value is -1.06. The summed E-state index contributed by atoms with van der Waals surface area (Å²) in [5.41, 5.74) is 2.98. The van der Waals surface area contributed by atoms with E-state index in [-0.39, 0.29) is 5.41 Å². The molecule has 20 heavy (non-hydrogen) atoms. The number of para-hydroxylation sites is 1. The summed E-state index contributed by atoms with van der Waals surface area (Å²) in [4.78, 5) is 4.80. The molecule has 0 unspecified atom stereocenters. The maximum atomic E-state index is 5.40. The molecule has 1 aromatic carbocycles. The van der Waals surface area contributed by atoms with Crippen LogP contribution in [-0.4, -0.2) is 44.3 Å². The molecule has 0 saturated carbocycles. The topological polar surface area (TPSA) is 15.7 Å². The number of hydrogen-bond acceptors (Lipinski definition) is 3. The van der Waals surface area contributed by atoms with Gasteiger partial charge < -0.3 is 9.64 Å². The molecular formula is C17H24N2O. The molecule has 2 aliphatic heterocycles. The van der Waals surface area contributed by atoms with Gasteiger partial charge in [0.25, 0.3) is 0 Å². The number of nitrogens with zero attached hydrogens (tertiary/aromatic N) is 2. The SMILES string of the molecule is CC1(C)C[C]N(CCN2CCOCC2)c2ccccc21. The standard InChI is InChI=1S/C17H24N2O/c1-17(2)7-8-19(16-6-4-3-5-15(16)17)10-9-18-11-13-20-14-12-18/h3-6H,7,9-14H2,1-2H3. The molecule has 0 atom stereocenters. The molecule has 3 heteroatoms. The van der Waals surface area contributed by atoms with Gasteiger partial charge in [0.05, 0.1) is 19.8 Å². The minimum Gasteiger partial charge on any atom is -0.379 e. The van der Waals surface area contributed by atoms with Crippen LogP contribution in [0.3, 0.4) is 0 Å². The molecule has 0 N–H and O–H groups in total. The third kappa shape index (κ3) is 2.84. The third-order valence-corrected chi connectivity index (χ3v) is 4.38. The highest BCUT2D eigenvalue weighted by Gasteiger charge is 2.31. The summed E-state index contributed by atoms with van der Waals surface area (Å²) < 4.78 is 5.40. The fraction of sp³-hybridized carbons (Fsp3) is 0.588. The van der Waals surface area contributed by atoms with E-state index in [4.69, 9.17) is 4.74 Å². The fourth-order valence-corrected chi connectivity index (χ4v) is 3.02. The van der Waals surface area contributed by atoms with E-state index in [9.17, 15) is 0 Å². The Morgan fingerprint density at radius 1 is 1.15 bits per heavy atom. The minimum atomic E-state index is 0.200. The fourth-order valence-electron chi connectivity index (χ4n) is 3.02. The first-order chi connectivity index (χ1) is 9.67. The second-order valence-corrected chi connectivity index (χ2v) is 6.34.